The zero-order valence-corrected chi connectivity index (χ0v) is 16.3. The van der Waals surface area contributed by atoms with Crippen LogP contribution in [0.25, 0.3) is 0 Å². The third-order valence-electron chi connectivity index (χ3n) is 3.99. The minimum Gasteiger partial charge on any atom is -0.449 e. The fourth-order valence-electron chi connectivity index (χ4n) is 2.41. The Bertz CT molecular complexity index is 888. The summed E-state index contributed by atoms with van der Waals surface area (Å²) < 4.78 is 18.1. The van der Waals surface area contributed by atoms with Gasteiger partial charge in [-0.2, -0.15) is 0 Å². The summed E-state index contributed by atoms with van der Waals surface area (Å²) in [6.07, 6.45) is 0.573. The molecule has 0 bridgehead atoms. The molecule has 2 atom stereocenters. The summed E-state index contributed by atoms with van der Waals surface area (Å²) in [4.78, 5) is 35.5. The third-order valence-corrected chi connectivity index (χ3v) is 4.78. The first-order valence-corrected chi connectivity index (χ1v) is 9.54. The van der Waals surface area contributed by atoms with E-state index in [1.165, 1.54) is 43.0 Å². The van der Waals surface area contributed by atoms with E-state index in [1.54, 1.807) is 25.3 Å². The second-order valence-electron chi connectivity index (χ2n) is 5.97. The van der Waals surface area contributed by atoms with E-state index in [9.17, 15) is 24.1 Å². The van der Waals surface area contributed by atoms with Gasteiger partial charge in [0.1, 0.15) is 5.82 Å². The molecule has 0 aliphatic carbocycles. The number of halogens is 1. The fraction of sp³-hybridized carbons (Fsp3) is 0.263. The number of amides is 1. The first kappa shape index (κ1) is 21.4. The van der Waals surface area contributed by atoms with Crippen molar-refractivity contribution in [3.05, 3.63) is 69.5 Å². The number of nitro benzene ring substituents is 1. The summed E-state index contributed by atoms with van der Waals surface area (Å²) in [5, 5.41) is 13.8. The number of esters is 1. The molecule has 0 aromatic heterocycles. The highest BCUT2D eigenvalue weighted by Gasteiger charge is 2.23. The fourth-order valence-corrected chi connectivity index (χ4v) is 2.95. The summed E-state index contributed by atoms with van der Waals surface area (Å²) in [7, 11) is 0. The smallest absolute Gasteiger partial charge is 0.339 e. The molecule has 1 N–H and O–H groups in total. The van der Waals surface area contributed by atoms with Gasteiger partial charge in [-0.1, -0.05) is 12.1 Å². The minimum atomic E-state index is -1.12. The molecule has 0 spiro atoms. The van der Waals surface area contributed by atoms with Crippen LogP contribution in [0.1, 0.15) is 35.8 Å². The van der Waals surface area contributed by atoms with Crippen LogP contribution in [-0.2, 0) is 9.53 Å². The third kappa shape index (κ3) is 5.29. The Morgan fingerprint density at radius 3 is 2.39 bits per heavy atom. The summed E-state index contributed by atoms with van der Waals surface area (Å²) >= 11 is 1.19. The van der Waals surface area contributed by atoms with Crippen molar-refractivity contribution in [1.82, 2.24) is 5.32 Å². The Morgan fingerprint density at radius 1 is 1.18 bits per heavy atom. The molecular formula is C19H19FN2O5S. The van der Waals surface area contributed by atoms with Crippen molar-refractivity contribution < 1.29 is 23.6 Å². The summed E-state index contributed by atoms with van der Waals surface area (Å²) in [5.74, 6) is -1.76. The lowest BCUT2D eigenvalue weighted by molar-refractivity contribution is -0.387. The molecule has 0 saturated carbocycles. The number of ether oxygens (including phenoxy) is 1. The number of nitro groups is 1. The van der Waals surface area contributed by atoms with Gasteiger partial charge < -0.3 is 10.1 Å². The Morgan fingerprint density at radius 2 is 1.82 bits per heavy atom. The molecule has 0 heterocycles. The van der Waals surface area contributed by atoms with Crippen LogP contribution >= 0.6 is 11.8 Å². The van der Waals surface area contributed by atoms with E-state index in [0.717, 1.165) is 6.07 Å². The average Bonchev–Trinajstić information content (AvgIpc) is 2.67. The van der Waals surface area contributed by atoms with E-state index in [0.29, 0.717) is 10.5 Å². The molecule has 148 valence electrons. The van der Waals surface area contributed by atoms with Crippen molar-refractivity contribution in [3.63, 3.8) is 0 Å². The Balaban J connectivity index is 2.03. The first-order chi connectivity index (χ1) is 13.2. The molecule has 0 radical (unpaired) electrons. The number of hydrogen-bond acceptors (Lipinski definition) is 6. The zero-order valence-electron chi connectivity index (χ0n) is 15.5. The Labute approximate surface area is 165 Å². The van der Waals surface area contributed by atoms with Crippen molar-refractivity contribution in [3.8, 4) is 0 Å². The molecule has 28 heavy (non-hydrogen) atoms. The monoisotopic (exact) mass is 406 g/mol. The largest absolute Gasteiger partial charge is 0.449 e. The highest BCUT2D eigenvalue weighted by molar-refractivity contribution is 7.98. The van der Waals surface area contributed by atoms with Gasteiger partial charge in [-0.15, -0.1) is 11.8 Å². The molecule has 7 nitrogen and oxygen atoms in total. The van der Waals surface area contributed by atoms with Gasteiger partial charge in [0.05, 0.1) is 21.4 Å². The molecule has 1 amide bonds. The number of nitrogens with zero attached hydrogens (tertiary/aromatic N) is 1. The first-order valence-electron chi connectivity index (χ1n) is 8.32. The summed E-state index contributed by atoms with van der Waals surface area (Å²) in [6.45, 7) is 3.11. The molecule has 0 saturated heterocycles. The number of rotatable bonds is 7. The quantitative estimate of drug-likeness (QED) is 0.324. The number of benzene rings is 2. The van der Waals surface area contributed by atoms with Crippen LogP contribution in [0, 0.1) is 15.9 Å². The van der Waals surface area contributed by atoms with Gasteiger partial charge >= 0.3 is 5.97 Å². The van der Waals surface area contributed by atoms with Crippen LogP contribution in [0.15, 0.2) is 47.4 Å². The van der Waals surface area contributed by atoms with Gasteiger partial charge in [0, 0.05) is 6.07 Å². The molecule has 0 aliphatic rings. The van der Waals surface area contributed by atoms with Crippen molar-refractivity contribution in [2.24, 2.45) is 0 Å². The zero-order chi connectivity index (χ0) is 20.8. The predicted molar refractivity (Wildman–Crippen MR) is 103 cm³/mol. The molecule has 2 aromatic carbocycles. The van der Waals surface area contributed by atoms with Crippen molar-refractivity contribution in [2.45, 2.75) is 30.9 Å². The molecule has 2 rings (SSSR count). The number of thioether (sulfide) groups is 1. The van der Waals surface area contributed by atoms with E-state index in [2.05, 4.69) is 5.32 Å². The highest BCUT2D eigenvalue weighted by Crippen LogP contribution is 2.28. The Hall–Kier alpha value is -2.94. The normalized spacial score (nSPS) is 12.7. The maximum absolute atomic E-state index is 13.0. The van der Waals surface area contributed by atoms with Crippen molar-refractivity contribution >= 4 is 29.3 Å². The molecular weight excluding hydrogens is 387 g/mol. The van der Waals surface area contributed by atoms with Gasteiger partial charge in [0.2, 0.25) is 0 Å². The average molecular weight is 406 g/mol. The number of carbonyl (C=O) groups is 2. The molecule has 0 unspecified atom stereocenters. The lowest BCUT2D eigenvalue weighted by atomic mass is 10.1. The number of carbonyl (C=O) groups excluding carboxylic acids is 2. The van der Waals surface area contributed by atoms with Crippen LogP contribution in [-0.4, -0.2) is 29.2 Å². The van der Waals surface area contributed by atoms with Crippen LogP contribution in [0.5, 0.6) is 0 Å². The van der Waals surface area contributed by atoms with Gasteiger partial charge in [-0.25, -0.2) is 9.18 Å². The predicted octanol–water partition coefficient (Wildman–Crippen LogP) is 3.88. The Kier molecular flexibility index (Phi) is 7.11. The van der Waals surface area contributed by atoms with Gasteiger partial charge in [-0.3, -0.25) is 14.9 Å². The van der Waals surface area contributed by atoms with E-state index in [4.69, 9.17) is 4.74 Å². The number of hydrogen-bond donors (Lipinski definition) is 1. The highest BCUT2D eigenvalue weighted by atomic mass is 32.2. The maximum Gasteiger partial charge on any atom is 0.339 e. The van der Waals surface area contributed by atoms with Gasteiger partial charge in [-0.05, 0) is 49.9 Å². The lowest BCUT2D eigenvalue weighted by Gasteiger charge is -2.18. The van der Waals surface area contributed by atoms with Gasteiger partial charge in [0.25, 0.3) is 11.6 Å². The van der Waals surface area contributed by atoms with Crippen LogP contribution in [0.3, 0.4) is 0 Å². The van der Waals surface area contributed by atoms with Crippen LogP contribution in [0.4, 0.5) is 10.1 Å². The summed E-state index contributed by atoms with van der Waals surface area (Å²) in [5.41, 5.74) is 0.469. The van der Waals surface area contributed by atoms with Crippen molar-refractivity contribution in [1.29, 1.82) is 0 Å². The van der Waals surface area contributed by atoms with E-state index in [-0.39, 0.29) is 17.1 Å². The second-order valence-corrected chi connectivity index (χ2v) is 6.82. The SMILES string of the molecule is CSc1ccc(C(=O)O[C@H](C)C(=O)N[C@H](C)c2ccc(F)cc2)cc1[N+](=O)[O-]. The topological polar surface area (TPSA) is 98.5 Å². The van der Waals surface area contributed by atoms with Gasteiger partial charge in [0.15, 0.2) is 6.10 Å². The number of nitrogens with one attached hydrogen (secondary N) is 1. The minimum absolute atomic E-state index is 0.0178. The summed E-state index contributed by atoms with van der Waals surface area (Å²) in [6, 6.07) is 9.23. The molecule has 0 aliphatic heterocycles. The second kappa shape index (κ2) is 9.32. The lowest BCUT2D eigenvalue weighted by Crippen LogP contribution is -2.37. The van der Waals surface area contributed by atoms with Crippen molar-refractivity contribution in [2.75, 3.05) is 6.26 Å². The van der Waals surface area contributed by atoms with E-state index < -0.39 is 28.9 Å². The van der Waals surface area contributed by atoms with E-state index >= 15 is 0 Å². The maximum atomic E-state index is 13.0. The molecule has 2 aromatic rings. The molecule has 0 fully saturated rings. The van der Waals surface area contributed by atoms with E-state index in [1.807, 2.05) is 0 Å². The standard InChI is InChI=1S/C19H19FN2O5S/c1-11(13-4-7-15(20)8-5-13)21-18(23)12(2)27-19(24)14-6-9-17(28-3)16(10-14)22(25)26/h4-12H,1-3H3,(H,21,23)/t11-,12-/m1/s1. The molecule has 9 heteroatoms. The van der Waals surface area contributed by atoms with Crippen LogP contribution in [0.2, 0.25) is 0 Å². The van der Waals surface area contributed by atoms with Crippen LogP contribution < -0.4 is 5.32 Å².